The number of esters is 1. The van der Waals surface area contributed by atoms with Crippen LogP contribution in [0.25, 0.3) is 10.8 Å². The molecule has 0 unspecified atom stereocenters. The van der Waals surface area contributed by atoms with Crippen molar-refractivity contribution < 1.29 is 19.0 Å². The maximum absolute atomic E-state index is 13.0. The number of rotatable bonds is 17. The van der Waals surface area contributed by atoms with Crippen molar-refractivity contribution in [3.63, 3.8) is 0 Å². The summed E-state index contributed by atoms with van der Waals surface area (Å²) in [5.74, 6) is 1.60. The quantitative estimate of drug-likeness (QED) is 0.104. The van der Waals surface area contributed by atoms with Gasteiger partial charge >= 0.3 is 5.97 Å². The highest BCUT2D eigenvalue weighted by atomic mass is 16.6. The van der Waals surface area contributed by atoms with Gasteiger partial charge in [0.25, 0.3) is 0 Å². The number of para-hydroxylation sites is 1. The van der Waals surface area contributed by atoms with Crippen molar-refractivity contribution in [2.45, 2.75) is 91.4 Å². The molecule has 0 aliphatic rings. The van der Waals surface area contributed by atoms with E-state index < -0.39 is 0 Å². The van der Waals surface area contributed by atoms with E-state index in [1.165, 1.54) is 51.4 Å². The van der Waals surface area contributed by atoms with Crippen molar-refractivity contribution in [3.8, 4) is 17.2 Å². The summed E-state index contributed by atoms with van der Waals surface area (Å²) in [4.78, 5) is 13.0. The molecule has 0 amide bonds. The van der Waals surface area contributed by atoms with Gasteiger partial charge in [-0.15, -0.1) is 0 Å². The van der Waals surface area contributed by atoms with Gasteiger partial charge in [0.2, 0.25) is 0 Å². The van der Waals surface area contributed by atoms with Crippen LogP contribution in [0.3, 0.4) is 0 Å². The Bertz CT molecular complexity index is 1100. The highest BCUT2D eigenvalue weighted by Gasteiger charge is 2.15. The first-order valence-corrected chi connectivity index (χ1v) is 14.2. The molecule has 4 nitrogen and oxygen atoms in total. The second kappa shape index (κ2) is 16.0. The van der Waals surface area contributed by atoms with Gasteiger partial charge in [-0.1, -0.05) is 95.9 Å². The fourth-order valence-electron chi connectivity index (χ4n) is 4.44. The van der Waals surface area contributed by atoms with E-state index in [0.717, 1.165) is 48.0 Å². The molecule has 200 valence electrons. The number of unbranched alkanes of at least 4 members (excludes halogenated alkanes) is 9. The van der Waals surface area contributed by atoms with E-state index in [4.69, 9.17) is 14.2 Å². The molecule has 0 saturated heterocycles. The summed E-state index contributed by atoms with van der Waals surface area (Å²) in [6, 6.07) is 17.3. The van der Waals surface area contributed by atoms with E-state index in [9.17, 15) is 4.79 Å². The number of ether oxygens (including phenoxy) is 3. The number of carbonyl (C=O) groups excluding carboxylic acids is 1. The lowest BCUT2D eigenvalue weighted by Crippen LogP contribution is -2.10. The number of aryl methyl sites for hydroxylation is 1. The molecular weight excluding hydrogens is 460 g/mol. The fourth-order valence-corrected chi connectivity index (χ4v) is 4.44. The lowest BCUT2D eigenvalue weighted by Gasteiger charge is -2.14. The third-order valence-electron chi connectivity index (χ3n) is 6.69. The Hall–Kier alpha value is -3.01. The molecule has 0 bridgehead atoms. The van der Waals surface area contributed by atoms with Gasteiger partial charge in [-0.3, -0.25) is 0 Å². The van der Waals surface area contributed by atoms with Gasteiger partial charge < -0.3 is 14.2 Å². The van der Waals surface area contributed by atoms with Gasteiger partial charge in [-0.25, -0.2) is 4.79 Å². The lowest BCUT2D eigenvalue weighted by molar-refractivity contribution is 0.0728. The zero-order chi connectivity index (χ0) is 26.3. The van der Waals surface area contributed by atoms with Crippen LogP contribution >= 0.6 is 0 Å². The molecule has 37 heavy (non-hydrogen) atoms. The Morgan fingerprint density at radius 1 is 0.676 bits per heavy atom. The van der Waals surface area contributed by atoms with Gasteiger partial charge in [-0.05, 0) is 66.4 Å². The number of hydrogen-bond donors (Lipinski definition) is 0. The average molecular weight is 505 g/mol. The first-order valence-electron chi connectivity index (χ1n) is 14.2. The molecule has 0 aliphatic heterocycles. The van der Waals surface area contributed by atoms with E-state index in [1.807, 2.05) is 55.5 Å². The number of carbonyl (C=O) groups is 1. The van der Waals surface area contributed by atoms with E-state index in [-0.39, 0.29) is 5.97 Å². The van der Waals surface area contributed by atoms with Crippen molar-refractivity contribution in [1.82, 2.24) is 0 Å². The molecule has 0 N–H and O–H groups in total. The monoisotopic (exact) mass is 504 g/mol. The van der Waals surface area contributed by atoms with Crippen LogP contribution in [0.5, 0.6) is 17.2 Å². The van der Waals surface area contributed by atoms with Crippen LogP contribution in [-0.4, -0.2) is 19.2 Å². The largest absolute Gasteiger partial charge is 0.494 e. The third kappa shape index (κ3) is 9.42. The second-order valence-electron chi connectivity index (χ2n) is 9.89. The molecule has 0 saturated carbocycles. The van der Waals surface area contributed by atoms with Crippen LogP contribution in [0, 0.1) is 6.92 Å². The van der Waals surface area contributed by atoms with Crippen LogP contribution in [0.15, 0.2) is 54.6 Å². The summed E-state index contributed by atoms with van der Waals surface area (Å²) < 4.78 is 17.8. The van der Waals surface area contributed by atoms with Crippen molar-refractivity contribution in [2.24, 2.45) is 0 Å². The Morgan fingerprint density at radius 2 is 1.30 bits per heavy atom. The van der Waals surface area contributed by atoms with Gasteiger partial charge in [-0.2, -0.15) is 0 Å². The van der Waals surface area contributed by atoms with Crippen molar-refractivity contribution in [2.75, 3.05) is 13.2 Å². The van der Waals surface area contributed by atoms with E-state index in [0.29, 0.717) is 23.7 Å². The normalized spacial score (nSPS) is 11.0. The SMILES string of the molecule is CCCCCCCCOc1ccc2cc(C(=O)Oc3cccc(C)c3OCCCCCCC)ccc2c1. The highest BCUT2D eigenvalue weighted by molar-refractivity contribution is 5.97. The predicted molar refractivity (Wildman–Crippen MR) is 153 cm³/mol. The van der Waals surface area contributed by atoms with Gasteiger partial charge in [0.05, 0.1) is 18.8 Å². The van der Waals surface area contributed by atoms with Crippen molar-refractivity contribution in [1.29, 1.82) is 0 Å². The first-order chi connectivity index (χ1) is 18.1. The second-order valence-corrected chi connectivity index (χ2v) is 9.89. The molecule has 0 aromatic heterocycles. The minimum Gasteiger partial charge on any atom is -0.494 e. The molecule has 0 fully saturated rings. The predicted octanol–water partition coefficient (Wildman–Crippen LogP) is 9.46. The smallest absolute Gasteiger partial charge is 0.343 e. The molecule has 0 aliphatic carbocycles. The number of benzene rings is 3. The van der Waals surface area contributed by atoms with E-state index in [1.54, 1.807) is 6.07 Å². The zero-order valence-corrected chi connectivity index (χ0v) is 23.0. The molecule has 0 heterocycles. The zero-order valence-electron chi connectivity index (χ0n) is 23.0. The summed E-state index contributed by atoms with van der Waals surface area (Å²) >= 11 is 0. The summed E-state index contributed by atoms with van der Waals surface area (Å²) in [7, 11) is 0. The number of hydrogen-bond acceptors (Lipinski definition) is 4. The summed E-state index contributed by atoms with van der Waals surface area (Å²) in [5, 5.41) is 2.02. The molecule has 3 rings (SSSR count). The summed E-state index contributed by atoms with van der Waals surface area (Å²) in [5.41, 5.74) is 1.48. The summed E-state index contributed by atoms with van der Waals surface area (Å²) in [6.07, 6.45) is 13.3. The van der Waals surface area contributed by atoms with E-state index >= 15 is 0 Å². The number of fused-ring (bicyclic) bond motifs is 1. The van der Waals surface area contributed by atoms with Crippen LogP contribution in [0.4, 0.5) is 0 Å². The summed E-state index contributed by atoms with van der Waals surface area (Å²) in [6.45, 7) is 7.79. The fraction of sp³-hybridized carbons (Fsp3) is 0.485. The molecule has 0 spiro atoms. The minimum atomic E-state index is -0.385. The lowest BCUT2D eigenvalue weighted by atomic mass is 10.1. The minimum absolute atomic E-state index is 0.385. The standard InChI is InChI=1S/C33H44O4/c1-4-6-8-10-12-13-22-35-30-21-20-27-24-29(19-18-28(27)25-30)33(34)37-31-17-15-16-26(3)32(31)36-23-14-11-9-7-5-2/h15-21,24-25H,4-14,22-23H2,1-3H3. The highest BCUT2D eigenvalue weighted by Crippen LogP contribution is 2.32. The molecule has 0 radical (unpaired) electrons. The van der Waals surface area contributed by atoms with Gasteiger partial charge in [0.15, 0.2) is 11.5 Å². The van der Waals surface area contributed by atoms with Crippen LogP contribution in [0.2, 0.25) is 0 Å². The average Bonchev–Trinajstić information content (AvgIpc) is 2.91. The molecular formula is C33H44O4. The molecule has 3 aromatic rings. The molecule has 3 aromatic carbocycles. The third-order valence-corrected chi connectivity index (χ3v) is 6.69. The topological polar surface area (TPSA) is 44.8 Å². The van der Waals surface area contributed by atoms with Gasteiger partial charge in [0, 0.05) is 0 Å². The van der Waals surface area contributed by atoms with Gasteiger partial charge in [0.1, 0.15) is 5.75 Å². The maximum Gasteiger partial charge on any atom is 0.343 e. The molecule has 0 atom stereocenters. The Kier molecular flexibility index (Phi) is 12.3. The van der Waals surface area contributed by atoms with Crippen molar-refractivity contribution in [3.05, 3.63) is 65.7 Å². The Balaban J connectivity index is 1.56. The van der Waals surface area contributed by atoms with Crippen LogP contribution in [-0.2, 0) is 0 Å². The van der Waals surface area contributed by atoms with E-state index in [2.05, 4.69) is 13.8 Å². The maximum atomic E-state index is 13.0. The van der Waals surface area contributed by atoms with Crippen LogP contribution < -0.4 is 14.2 Å². The Morgan fingerprint density at radius 3 is 2.03 bits per heavy atom. The Labute approximate surface area is 223 Å². The van der Waals surface area contributed by atoms with Crippen LogP contribution in [0.1, 0.15) is 100 Å². The van der Waals surface area contributed by atoms with Crippen molar-refractivity contribution >= 4 is 16.7 Å². The molecule has 4 heteroatoms. The first kappa shape index (κ1) is 28.6.